The lowest BCUT2D eigenvalue weighted by molar-refractivity contribution is -0.121. The number of hydrogen-bond donors (Lipinski definition) is 2. The topological polar surface area (TPSA) is 68.0 Å². The second kappa shape index (κ2) is 10.4. The predicted molar refractivity (Wildman–Crippen MR) is 94.9 cm³/mol. The molecular weight excluding hydrogens is 329 g/mol. The van der Waals surface area contributed by atoms with Crippen LogP contribution in [0.4, 0.5) is 0 Å². The maximum absolute atomic E-state index is 11.5. The Bertz CT molecular complexity index is 417. The van der Waals surface area contributed by atoms with Gasteiger partial charge in [-0.05, 0) is 13.3 Å². The van der Waals surface area contributed by atoms with Gasteiger partial charge in [0.25, 0.3) is 0 Å². The Morgan fingerprint density at radius 2 is 2.05 bits per heavy atom. The molecule has 21 heavy (non-hydrogen) atoms. The molecule has 0 saturated carbocycles. The molecule has 1 unspecified atom stereocenters. The van der Waals surface area contributed by atoms with Gasteiger partial charge >= 0.3 is 0 Å². The molecule has 124 valence electrons. The van der Waals surface area contributed by atoms with E-state index in [2.05, 4.69) is 36.5 Å². The van der Waals surface area contributed by atoms with Crippen molar-refractivity contribution < 1.29 is 4.79 Å². The third kappa shape index (κ3) is 9.30. The highest BCUT2D eigenvalue weighted by molar-refractivity contribution is 7.09. The summed E-state index contributed by atoms with van der Waals surface area (Å²) in [6.45, 7) is 9.02. The SMILES string of the molecule is CC(N)CCC(=O)NCCc1nc(C(C)(C)C)cs1.Cl.Cl. The molecule has 4 nitrogen and oxygen atoms in total. The van der Waals surface area contributed by atoms with Crippen LogP contribution < -0.4 is 11.1 Å². The van der Waals surface area contributed by atoms with E-state index in [1.807, 2.05) is 6.92 Å². The van der Waals surface area contributed by atoms with Crippen molar-refractivity contribution in [3.63, 3.8) is 0 Å². The van der Waals surface area contributed by atoms with Gasteiger partial charge in [0.05, 0.1) is 10.7 Å². The lowest BCUT2D eigenvalue weighted by atomic mass is 9.93. The first-order valence-electron chi connectivity index (χ1n) is 6.76. The fourth-order valence-corrected chi connectivity index (χ4v) is 2.55. The Kier molecular flexibility index (Phi) is 11.3. The number of nitrogens with two attached hydrogens (primary N) is 1. The van der Waals surface area contributed by atoms with Gasteiger partial charge in [0, 0.05) is 36.2 Å². The average molecular weight is 356 g/mol. The maximum atomic E-state index is 11.5. The van der Waals surface area contributed by atoms with Crippen LogP contribution in [0.1, 0.15) is 51.2 Å². The summed E-state index contributed by atoms with van der Waals surface area (Å²) in [6, 6.07) is 0.0825. The van der Waals surface area contributed by atoms with Crippen molar-refractivity contribution in [2.45, 2.75) is 58.4 Å². The van der Waals surface area contributed by atoms with Crippen molar-refractivity contribution in [1.29, 1.82) is 0 Å². The summed E-state index contributed by atoms with van der Waals surface area (Å²) in [6.07, 6.45) is 2.03. The first-order valence-corrected chi connectivity index (χ1v) is 7.64. The van der Waals surface area contributed by atoms with Gasteiger partial charge in [0.2, 0.25) is 5.91 Å². The lowest BCUT2D eigenvalue weighted by Gasteiger charge is -2.14. The van der Waals surface area contributed by atoms with Crippen molar-refractivity contribution in [1.82, 2.24) is 10.3 Å². The summed E-state index contributed by atoms with van der Waals surface area (Å²) in [7, 11) is 0. The van der Waals surface area contributed by atoms with E-state index in [0.29, 0.717) is 13.0 Å². The van der Waals surface area contributed by atoms with E-state index >= 15 is 0 Å². The maximum Gasteiger partial charge on any atom is 0.220 e. The van der Waals surface area contributed by atoms with E-state index in [-0.39, 0.29) is 42.2 Å². The third-order valence-corrected chi connectivity index (χ3v) is 3.72. The number of rotatable bonds is 6. The molecule has 1 heterocycles. The van der Waals surface area contributed by atoms with Crippen molar-refractivity contribution in [2.75, 3.05) is 6.54 Å². The highest BCUT2D eigenvalue weighted by Gasteiger charge is 2.17. The molecular formula is C14H27Cl2N3OS. The number of aromatic nitrogens is 1. The van der Waals surface area contributed by atoms with Crippen LogP contribution in [-0.4, -0.2) is 23.5 Å². The summed E-state index contributed by atoms with van der Waals surface area (Å²) in [4.78, 5) is 16.1. The summed E-state index contributed by atoms with van der Waals surface area (Å²) < 4.78 is 0. The molecule has 3 N–H and O–H groups in total. The number of halogens is 2. The number of carbonyl (C=O) groups is 1. The molecule has 0 aromatic carbocycles. The van der Waals surface area contributed by atoms with Crippen LogP contribution in [0.25, 0.3) is 0 Å². The average Bonchev–Trinajstić information content (AvgIpc) is 2.74. The molecule has 0 aliphatic carbocycles. The molecule has 7 heteroatoms. The van der Waals surface area contributed by atoms with Gasteiger partial charge in [-0.3, -0.25) is 4.79 Å². The van der Waals surface area contributed by atoms with Crippen LogP contribution in [0.2, 0.25) is 0 Å². The monoisotopic (exact) mass is 355 g/mol. The van der Waals surface area contributed by atoms with Gasteiger partial charge in [-0.15, -0.1) is 36.2 Å². The Labute approximate surface area is 144 Å². The zero-order chi connectivity index (χ0) is 14.5. The molecule has 1 amide bonds. The minimum atomic E-state index is 0. The number of hydrogen-bond acceptors (Lipinski definition) is 4. The van der Waals surface area contributed by atoms with Crippen molar-refractivity contribution in [2.24, 2.45) is 5.73 Å². The number of amides is 1. The van der Waals surface area contributed by atoms with Gasteiger partial charge in [-0.1, -0.05) is 20.8 Å². The second-order valence-corrected chi connectivity index (χ2v) is 6.94. The van der Waals surface area contributed by atoms with E-state index in [9.17, 15) is 4.79 Å². The van der Waals surface area contributed by atoms with E-state index in [0.717, 1.165) is 23.5 Å². The number of thiazole rings is 1. The molecule has 1 aromatic rings. The number of nitrogens with one attached hydrogen (secondary N) is 1. The highest BCUT2D eigenvalue weighted by Crippen LogP contribution is 2.23. The van der Waals surface area contributed by atoms with Crippen LogP contribution in [0.3, 0.4) is 0 Å². The first-order chi connectivity index (χ1) is 8.79. The summed E-state index contributed by atoms with van der Waals surface area (Å²) in [5.41, 5.74) is 6.83. The summed E-state index contributed by atoms with van der Waals surface area (Å²) >= 11 is 1.66. The summed E-state index contributed by atoms with van der Waals surface area (Å²) in [5, 5.41) is 6.09. The van der Waals surface area contributed by atoms with Gasteiger partial charge in [0.1, 0.15) is 0 Å². The smallest absolute Gasteiger partial charge is 0.220 e. The Morgan fingerprint density at radius 1 is 1.43 bits per heavy atom. The minimum absolute atomic E-state index is 0. The first kappa shape index (κ1) is 22.9. The Morgan fingerprint density at radius 3 is 2.52 bits per heavy atom. The van der Waals surface area contributed by atoms with E-state index in [1.54, 1.807) is 11.3 Å². The second-order valence-electron chi connectivity index (χ2n) is 5.99. The molecule has 0 aliphatic rings. The van der Waals surface area contributed by atoms with Crippen molar-refractivity contribution >= 4 is 42.1 Å². The van der Waals surface area contributed by atoms with Crippen molar-refractivity contribution in [3.05, 3.63) is 16.1 Å². The summed E-state index contributed by atoms with van der Waals surface area (Å²) in [5.74, 6) is 0.0740. The van der Waals surface area contributed by atoms with Gasteiger partial charge in [-0.2, -0.15) is 0 Å². The van der Waals surface area contributed by atoms with Crippen LogP contribution in [0.15, 0.2) is 5.38 Å². The highest BCUT2D eigenvalue weighted by atomic mass is 35.5. The standard InChI is InChI=1S/C14H25N3OS.2ClH/c1-10(15)5-6-12(18)16-8-7-13-17-11(9-19-13)14(2,3)4;;/h9-10H,5-8,15H2,1-4H3,(H,16,18);2*1H. The minimum Gasteiger partial charge on any atom is -0.356 e. The molecule has 0 radical (unpaired) electrons. The zero-order valence-electron chi connectivity index (χ0n) is 13.1. The lowest BCUT2D eigenvalue weighted by Crippen LogP contribution is -2.27. The molecule has 0 saturated heterocycles. The Balaban J connectivity index is 0. The molecule has 0 fully saturated rings. The molecule has 0 aliphatic heterocycles. The zero-order valence-corrected chi connectivity index (χ0v) is 15.6. The van der Waals surface area contributed by atoms with Gasteiger partial charge in [-0.25, -0.2) is 4.98 Å². The predicted octanol–water partition coefficient (Wildman–Crippen LogP) is 3.07. The molecule has 1 aromatic heterocycles. The van der Waals surface area contributed by atoms with Crippen LogP contribution in [0, 0.1) is 0 Å². The van der Waals surface area contributed by atoms with Gasteiger partial charge < -0.3 is 11.1 Å². The molecule has 1 rings (SSSR count). The van der Waals surface area contributed by atoms with Crippen LogP contribution in [-0.2, 0) is 16.6 Å². The van der Waals surface area contributed by atoms with Crippen molar-refractivity contribution in [3.8, 4) is 0 Å². The van der Waals surface area contributed by atoms with Crippen LogP contribution in [0.5, 0.6) is 0 Å². The van der Waals surface area contributed by atoms with E-state index in [4.69, 9.17) is 5.73 Å². The van der Waals surface area contributed by atoms with Gasteiger partial charge in [0.15, 0.2) is 0 Å². The van der Waals surface area contributed by atoms with E-state index < -0.39 is 0 Å². The fourth-order valence-electron chi connectivity index (χ4n) is 1.53. The molecule has 1 atom stereocenters. The fraction of sp³-hybridized carbons (Fsp3) is 0.714. The van der Waals surface area contributed by atoms with E-state index in [1.165, 1.54) is 0 Å². The number of nitrogens with zero attached hydrogens (tertiary/aromatic N) is 1. The molecule has 0 bridgehead atoms. The third-order valence-electron chi connectivity index (χ3n) is 2.81. The number of carbonyl (C=O) groups excluding carboxylic acids is 1. The molecule has 0 spiro atoms. The quantitative estimate of drug-likeness (QED) is 0.823. The Hall–Kier alpha value is -0.360. The largest absolute Gasteiger partial charge is 0.356 e. The normalized spacial score (nSPS) is 12.0. The van der Waals surface area contributed by atoms with Crippen LogP contribution >= 0.6 is 36.2 Å².